The van der Waals surface area contributed by atoms with Crippen LogP contribution in [0.15, 0.2) is 59.6 Å². The van der Waals surface area contributed by atoms with E-state index in [0.29, 0.717) is 17.5 Å². The van der Waals surface area contributed by atoms with E-state index < -0.39 is 29.9 Å². The molecule has 2 rings (SSSR count). The van der Waals surface area contributed by atoms with Crippen LogP contribution < -0.4 is 22.1 Å². The molecule has 0 aromatic heterocycles. The minimum Gasteiger partial charge on any atom is -0.508 e. The molecule has 0 aliphatic heterocycles. The van der Waals surface area contributed by atoms with Crippen molar-refractivity contribution in [2.45, 2.75) is 31.3 Å². The van der Waals surface area contributed by atoms with E-state index in [1.54, 1.807) is 42.5 Å². The van der Waals surface area contributed by atoms with Crippen LogP contribution >= 0.6 is 0 Å². The monoisotopic (exact) mass is 441 g/mol. The molecule has 32 heavy (non-hydrogen) atoms. The molecule has 0 radical (unpaired) electrons. The summed E-state index contributed by atoms with van der Waals surface area (Å²) in [6.07, 6.45) is 0.551. The third-order valence-electron chi connectivity index (χ3n) is 4.59. The van der Waals surface area contributed by atoms with Gasteiger partial charge in [-0.05, 0) is 42.7 Å². The van der Waals surface area contributed by atoms with Crippen LogP contribution in [0.1, 0.15) is 28.8 Å². The van der Waals surface area contributed by atoms with E-state index in [-0.39, 0.29) is 31.1 Å². The van der Waals surface area contributed by atoms with Crippen LogP contribution in [-0.4, -0.2) is 52.6 Å². The molecule has 0 spiro atoms. The molecule has 2 amide bonds. The largest absolute Gasteiger partial charge is 0.508 e. The highest BCUT2D eigenvalue weighted by Gasteiger charge is 2.27. The van der Waals surface area contributed by atoms with Crippen molar-refractivity contribution in [3.63, 3.8) is 0 Å². The zero-order chi connectivity index (χ0) is 23.5. The van der Waals surface area contributed by atoms with Crippen molar-refractivity contribution >= 4 is 23.7 Å². The van der Waals surface area contributed by atoms with E-state index >= 15 is 0 Å². The zero-order valence-corrected chi connectivity index (χ0v) is 17.4. The Hall–Kier alpha value is -4.08. The second-order valence-electron chi connectivity index (χ2n) is 7.11. The van der Waals surface area contributed by atoms with Crippen LogP contribution in [0.25, 0.3) is 0 Å². The highest BCUT2D eigenvalue weighted by Crippen LogP contribution is 2.12. The lowest BCUT2D eigenvalue weighted by molar-refractivity contribution is -0.142. The van der Waals surface area contributed by atoms with Crippen LogP contribution in [0.3, 0.4) is 0 Å². The molecule has 2 atom stereocenters. The molecule has 0 saturated heterocycles. The Labute approximate surface area is 185 Å². The quantitative estimate of drug-likeness (QED) is 0.165. The van der Waals surface area contributed by atoms with E-state index in [2.05, 4.69) is 15.6 Å². The number of aromatic hydroxyl groups is 1. The second-order valence-corrected chi connectivity index (χ2v) is 7.11. The van der Waals surface area contributed by atoms with Crippen LogP contribution in [-0.2, 0) is 16.0 Å². The molecule has 170 valence electrons. The number of phenolic OH excluding ortho intramolecular Hbond substituents is 1. The smallest absolute Gasteiger partial charge is 0.326 e. The fourth-order valence-corrected chi connectivity index (χ4v) is 2.94. The van der Waals surface area contributed by atoms with Gasteiger partial charge in [0.1, 0.15) is 17.8 Å². The van der Waals surface area contributed by atoms with Gasteiger partial charge >= 0.3 is 5.97 Å². The number of carboxylic acid groups (broad SMARTS) is 1. The summed E-state index contributed by atoms with van der Waals surface area (Å²) in [4.78, 5) is 40.9. The molecule has 10 nitrogen and oxygen atoms in total. The van der Waals surface area contributed by atoms with E-state index in [4.69, 9.17) is 11.5 Å². The zero-order valence-electron chi connectivity index (χ0n) is 17.4. The lowest BCUT2D eigenvalue weighted by Crippen LogP contribution is -2.52. The van der Waals surface area contributed by atoms with E-state index in [1.165, 1.54) is 12.1 Å². The summed E-state index contributed by atoms with van der Waals surface area (Å²) in [6, 6.07) is 12.3. The average molecular weight is 441 g/mol. The lowest BCUT2D eigenvalue weighted by atomic mass is 10.0. The predicted molar refractivity (Wildman–Crippen MR) is 119 cm³/mol. The van der Waals surface area contributed by atoms with Crippen LogP contribution in [0.2, 0.25) is 0 Å². The number of aliphatic carboxylic acids is 1. The molecule has 0 aliphatic carbocycles. The molecule has 2 aromatic rings. The van der Waals surface area contributed by atoms with Gasteiger partial charge in [0.05, 0.1) is 0 Å². The first-order chi connectivity index (χ1) is 15.3. The standard InChI is InChI=1S/C22H27N5O5/c23-22(24)25-12-4-7-17(21(31)32)26-20(30)18(13-14-8-10-16(28)11-9-14)27-19(29)15-5-2-1-3-6-15/h1-3,5-6,8-11,17-18,28H,4,7,12-13H2,(H,26,30)(H,27,29)(H,31,32)(H4,23,24,25). The number of nitrogens with one attached hydrogen (secondary N) is 2. The molecule has 8 N–H and O–H groups in total. The van der Waals surface area contributed by atoms with Gasteiger partial charge in [-0.15, -0.1) is 0 Å². The maximum atomic E-state index is 12.9. The number of amides is 2. The summed E-state index contributed by atoms with van der Waals surface area (Å²) in [5.41, 5.74) is 11.5. The topological polar surface area (TPSA) is 180 Å². The van der Waals surface area contributed by atoms with Crippen molar-refractivity contribution in [2.24, 2.45) is 16.5 Å². The summed E-state index contributed by atoms with van der Waals surface area (Å²) in [5.74, 6) is -2.35. The van der Waals surface area contributed by atoms with Gasteiger partial charge in [0.15, 0.2) is 5.96 Å². The number of hydrogen-bond donors (Lipinski definition) is 6. The minimum absolute atomic E-state index is 0.0646. The molecule has 2 unspecified atom stereocenters. The normalized spacial score (nSPS) is 12.2. The maximum absolute atomic E-state index is 12.9. The highest BCUT2D eigenvalue weighted by atomic mass is 16.4. The third kappa shape index (κ3) is 7.98. The molecule has 0 saturated carbocycles. The number of guanidine groups is 1. The Morgan fingerprint density at radius 1 is 0.938 bits per heavy atom. The van der Waals surface area contributed by atoms with Gasteiger partial charge in [-0.3, -0.25) is 14.6 Å². The van der Waals surface area contributed by atoms with Crippen molar-refractivity contribution in [3.05, 3.63) is 65.7 Å². The first-order valence-electron chi connectivity index (χ1n) is 9.98. The summed E-state index contributed by atoms with van der Waals surface area (Å²) in [5, 5.41) is 24.1. The van der Waals surface area contributed by atoms with Gasteiger partial charge in [0.2, 0.25) is 5.91 Å². The SMILES string of the molecule is NC(N)=NCCCC(NC(=O)C(Cc1ccc(O)cc1)NC(=O)c1ccccc1)C(=O)O. The molecule has 2 aromatic carbocycles. The number of rotatable bonds is 11. The molecule has 0 heterocycles. The predicted octanol–water partition coefficient (Wildman–Crippen LogP) is 0.356. The summed E-state index contributed by atoms with van der Waals surface area (Å²) in [7, 11) is 0. The number of hydrogen-bond acceptors (Lipinski definition) is 5. The van der Waals surface area contributed by atoms with Crippen LogP contribution in [0.4, 0.5) is 0 Å². The van der Waals surface area contributed by atoms with Gasteiger partial charge in [-0.25, -0.2) is 4.79 Å². The Morgan fingerprint density at radius 3 is 2.19 bits per heavy atom. The van der Waals surface area contributed by atoms with Crippen molar-refractivity contribution in [3.8, 4) is 5.75 Å². The van der Waals surface area contributed by atoms with Crippen molar-refractivity contribution in [1.29, 1.82) is 0 Å². The number of carbonyl (C=O) groups is 3. The van der Waals surface area contributed by atoms with Gasteiger partial charge in [0.25, 0.3) is 5.91 Å². The number of nitrogens with two attached hydrogens (primary N) is 2. The maximum Gasteiger partial charge on any atom is 0.326 e. The Kier molecular flexibility index (Phi) is 9.03. The number of carbonyl (C=O) groups excluding carboxylic acids is 2. The molecular formula is C22H27N5O5. The second kappa shape index (κ2) is 11.9. The molecule has 0 aliphatic rings. The van der Waals surface area contributed by atoms with Crippen LogP contribution in [0.5, 0.6) is 5.75 Å². The van der Waals surface area contributed by atoms with E-state index in [9.17, 15) is 24.6 Å². The Bertz CT molecular complexity index is 943. The highest BCUT2D eigenvalue weighted by molar-refractivity contribution is 5.98. The number of aliphatic imine (C=N–C) groups is 1. The summed E-state index contributed by atoms with van der Waals surface area (Å²) in [6.45, 7) is 0.226. The molecule has 0 bridgehead atoms. The van der Waals surface area contributed by atoms with Crippen molar-refractivity contribution < 1.29 is 24.6 Å². The van der Waals surface area contributed by atoms with Gasteiger partial charge in [-0.2, -0.15) is 0 Å². The van der Waals surface area contributed by atoms with E-state index in [0.717, 1.165) is 0 Å². The first kappa shape index (κ1) is 24.2. The molecular weight excluding hydrogens is 414 g/mol. The Morgan fingerprint density at radius 2 is 1.59 bits per heavy atom. The van der Waals surface area contributed by atoms with E-state index in [1.807, 2.05) is 0 Å². The number of phenols is 1. The average Bonchev–Trinajstić information content (AvgIpc) is 2.76. The van der Waals surface area contributed by atoms with Crippen molar-refractivity contribution in [1.82, 2.24) is 10.6 Å². The molecule has 10 heteroatoms. The number of nitrogens with zero attached hydrogens (tertiary/aromatic N) is 1. The first-order valence-corrected chi connectivity index (χ1v) is 9.98. The lowest BCUT2D eigenvalue weighted by Gasteiger charge is -2.22. The fraction of sp³-hybridized carbons (Fsp3) is 0.273. The van der Waals surface area contributed by atoms with Crippen LogP contribution in [0, 0.1) is 0 Å². The number of carboxylic acids is 1. The summed E-state index contributed by atoms with van der Waals surface area (Å²) < 4.78 is 0. The molecule has 0 fully saturated rings. The van der Waals surface area contributed by atoms with Gasteiger partial charge < -0.3 is 32.3 Å². The fourth-order valence-electron chi connectivity index (χ4n) is 2.94. The minimum atomic E-state index is -1.21. The van der Waals surface area contributed by atoms with Crippen molar-refractivity contribution in [2.75, 3.05) is 6.54 Å². The third-order valence-corrected chi connectivity index (χ3v) is 4.59. The van der Waals surface area contributed by atoms with Gasteiger partial charge in [-0.1, -0.05) is 30.3 Å². The summed E-state index contributed by atoms with van der Waals surface area (Å²) >= 11 is 0. The Balaban J connectivity index is 2.13. The van der Waals surface area contributed by atoms with Gasteiger partial charge in [0, 0.05) is 18.5 Å². The number of benzene rings is 2.